The average Bonchev–Trinajstić information content (AvgIpc) is 2.93. The zero-order valence-corrected chi connectivity index (χ0v) is 8.99. The molecule has 3 heteroatoms. The van der Waals surface area contributed by atoms with E-state index < -0.39 is 0 Å². The number of piperidine rings is 1. The van der Waals surface area contributed by atoms with Crippen LogP contribution in [0, 0.1) is 0 Å². The third-order valence-corrected chi connectivity index (χ3v) is 2.74. The number of rotatable bonds is 1. The second-order valence-corrected chi connectivity index (χ2v) is 3.90. The van der Waals surface area contributed by atoms with Crippen molar-refractivity contribution in [3.63, 3.8) is 0 Å². The van der Waals surface area contributed by atoms with Crippen molar-refractivity contribution in [1.82, 2.24) is 5.32 Å². The number of fused-ring (bicyclic) bond motifs is 1. The first-order valence-electron chi connectivity index (χ1n) is 5.38. The van der Waals surface area contributed by atoms with Crippen LogP contribution in [0.3, 0.4) is 0 Å². The molecule has 1 saturated heterocycles. The molecule has 0 aromatic carbocycles. The van der Waals surface area contributed by atoms with E-state index in [4.69, 9.17) is 9.84 Å². The summed E-state index contributed by atoms with van der Waals surface area (Å²) in [5.74, 6) is 1.01. The summed E-state index contributed by atoms with van der Waals surface area (Å²) >= 11 is 0. The largest absolute Gasteiger partial charge is 0.496 e. The van der Waals surface area contributed by atoms with Crippen molar-refractivity contribution >= 4 is 0 Å². The molecular weight excluding hydrogens is 190 g/mol. The maximum absolute atomic E-state index is 8.87. The van der Waals surface area contributed by atoms with Gasteiger partial charge in [0.1, 0.15) is 5.75 Å². The summed E-state index contributed by atoms with van der Waals surface area (Å²) in [6.07, 6.45) is 1.83. The van der Waals surface area contributed by atoms with Gasteiger partial charge in [-0.05, 0) is 43.6 Å². The number of benzene rings is 1. The molecule has 0 unspecified atom stereocenters. The highest BCUT2D eigenvalue weighted by atomic mass is 16.5. The molecule has 3 aliphatic rings. The van der Waals surface area contributed by atoms with Crippen molar-refractivity contribution in [2.75, 3.05) is 20.2 Å². The van der Waals surface area contributed by atoms with Crippen molar-refractivity contribution in [2.24, 2.45) is 0 Å². The lowest BCUT2D eigenvalue weighted by atomic mass is 10.1. The lowest BCUT2D eigenvalue weighted by Gasteiger charge is -2.16. The van der Waals surface area contributed by atoms with Crippen molar-refractivity contribution in [1.29, 1.82) is 0 Å². The van der Waals surface area contributed by atoms with Crippen LogP contribution in [0.1, 0.15) is 12.8 Å². The van der Waals surface area contributed by atoms with Gasteiger partial charge in [-0.2, -0.15) is 0 Å². The van der Waals surface area contributed by atoms with Crippen LogP contribution in [-0.4, -0.2) is 31.4 Å². The zero-order valence-electron chi connectivity index (χ0n) is 8.99. The van der Waals surface area contributed by atoms with Gasteiger partial charge in [0.15, 0.2) is 0 Å². The van der Waals surface area contributed by atoms with Gasteiger partial charge in [0.25, 0.3) is 0 Å². The molecule has 2 N–H and O–H groups in total. The van der Waals surface area contributed by atoms with Crippen molar-refractivity contribution in [3.8, 4) is 16.9 Å². The fraction of sp³-hybridized carbons (Fsp3) is 0.500. The molecule has 1 heterocycles. The topological polar surface area (TPSA) is 41.5 Å². The van der Waals surface area contributed by atoms with E-state index >= 15 is 0 Å². The van der Waals surface area contributed by atoms with Crippen molar-refractivity contribution in [3.05, 3.63) is 18.2 Å². The van der Waals surface area contributed by atoms with Gasteiger partial charge in [0, 0.05) is 5.56 Å². The number of methoxy groups -OCH3 is 1. The predicted octanol–water partition coefficient (Wildman–Crippen LogP) is 1.41. The maximum Gasteiger partial charge on any atom is 0.126 e. The van der Waals surface area contributed by atoms with E-state index in [1.54, 1.807) is 7.11 Å². The molecule has 0 atom stereocenters. The molecule has 3 nitrogen and oxygen atoms in total. The molecule has 15 heavy (non-hydrogen) atoms. The van der Waals surface area contributed by atoms with E-state index in [2.05, 4.69) is 17.4 Å². The molecule has 0 radical (unpaired) electrons. The third kappa shape index (κ3) is 2.70. The normalized spacial score (nSPS) is 17.7. The molecule has 0 spiro atoms. The van der Waals surface area contributed by atoms with Gasteiger partial charge in [0.05, 0.1) is 13.2 Å². The number of aliphatic hydroxyl groups excluding tert-OH is 1. The lowest BCUT2D eigenvalue weighted by Crippen LogP contribution is -2.30. The average molecular weight is 207 g/mol. The number of nitrogens with one attached hydrogen (secondary N) is 1. The minimum absolute atomic E-state index is 0.0266. The van der Waals surface area contributed by atoms with Gasteiger partial charge in [-0.3, -0.25) is 0 Å². The quantitative estimate of drug-likeness (QED) is 0.743. The highest BCUT2D eigenvalue weighted by Gasteiger charge is 2.16. The Morgan fingerprint density at radius 1 is 1.33 bits per heavy atom. The van der Waals surface area contributed by atoms with Crippen molar-refractivity contribution in [2.45, 2.75) is 18.9 Å². The Labute approximate surface area is 90.1 Å². The predicted molar refractivity (Wildman–Crippen MR) is 60.1 cm³/mol. The Hall–Kier alpha value is -1.06. The first-order valence-corrected chi connectivity index (χ1v) is 5.38. The molecule has 2 aliphatic carbocycles. The van der Waals surface area contributed by atoms with E-state index in [0.717, 1.165) is 31.7 Å². The molecule has 1 aliphatic heterocycles. The fourth-order valence-electron chi connectivity index (χ4n) is 1.71. The molecule has 0 aromatic heterocycles. The number of hydrogen-bond acceptors (Lipinski definition) is 3. The van der Waals surface area contributed by atoms with Crippen LogP contribution in [-0.2, 0) is 0 Å². The standard InChI is InChI=1S/C7H6O.C5H11NO/c1-8-7-3-2-5-4-6(5)7;7-5-1-3-6-4-2-5/h2-4H,1H3;5-7H,1-4H2. The second-order valence-electron chi connectivity index (χ2n) is 3.90. The number of aliphatic hydroxyl groups is 1. The molecule has 1 fully saturated rings. The first-order chi connectivity index (χ1) is 7.31. The van der Waals surface area contributed by atoms with Crippen LogP contribution in [0.15, 0.2) is 18.2 Å². The first kappa shape index (κ1) is 10.5. The second kappa shape index (κ2) is 4.64. The molecular formula is C12H17NO2. The van der Waals surface area contributed by atoms with E-state index in [-0.39, 0.29) is 6.10 Å². The van der Waals surface area contributed by atoms with Gasteiger partial charge in [0.2, 0.25) is 0 Å². The van der Waals surface area contributed by atoms with Crippen LogP contribution in [0.2, 0.25) is 0 Å². The fourth-order valence-corrected chi connectivity index (χ4v) is 1.71. The minimum atomic E-state index is -0.0266. The van der Waals surface area contributed by atoms with Crippen LogP contribution in [0.5, 0.6) is 5.75 Å². The van der Waals surface area contributed by atoms with E-state index in [0.29, 0.717) is 0 Å². The number of ether oxygens (including phenoxy) is 1. The van der Waals surface area contributed by atoms with E-state index in [9.17, 15) is 0 Å². The smallest absolute Gasteiger partial charge is 0.126 e. The summed E-state index contributed by atoms with van der Waals surface area (Å²) in [7, 11) is 1.70. The molecule has 82 valence electrons. The Bertz CT molecular complexity index is 332. The summed E-state index contributed by atoms with van der Waals surface area (Å²) in [5.41, 5.74) is 2.62. The summed E-state index contributed by atoms with van der Waals surface area (Å²) in [4.78, 5) is 0. The highest BCUT2D eigenvalue weighted by molar-refractivity contribution is 5.87. The molecule has 0 bridgehead atoms. The summed E-state index contributed by atoms with van der Waals surface area (Å²) in [6, 6.07) is 6.16. The van der Waals surface area contributed by atoms with Gasteiger partial charge < -0.3 is 15.2 Å². The zero-order chi connectivity index (χ0) is 10.7. The monoisotopic (exact) mass is 207 g/mol. The highest BCUT2D eigenvalue weighted by Crippen LogP contribution is 2.43. The molecule has 0 aromatic rings. The summed E-state index contributed by atoms with van der Waals surface area (Å²) < 4.78 is 5.01. The molecule has 0 saturated carbocycles. The van der Waals surface area contributed by atoms with Gasteiger partial charge in [-0.1, -0.05) is 6.07 Å². The SMILES string of the molecule is COc1ccc2cc1-2.OC1CCNCC1. The lowest BCUT2D eigenvalue weighted by molar-refractivity contribution is 0.137. The number of hydrogen-bond donors (Lipinski definition) is 2. The third-order valence-electron chi connectivity index (χ3n) is 2.74. The van der Waals surface area contributed by atoms with Crippen LogP contribution >= 0.6 is 0 Å². The summed E-state index contributed by atoms with van der Waals surface area (Å²) in [6.45, 7) is 1.97. The Morgan fingerprint density at radius 3 is 2.33 bits per heavy atom. The Balaban J connectivity index is 0.000000115. The Morgan fingerprint density at radius 2 is 2.07 bits per heavy atom. The van der Waals surface area contributed by atoms with Gasteiger partial charge in [-0.25, -0.2) is 0 Å². The van der Waals surface area contributed by atoms with Crippen LogP contribution < -0.4 is 10.1 Å². The Kier molecular flexibility index (Phi) is 3.23. The van der Waals surface area contributed by atoms with Gasteiger partial charge >= 0.3 is 0 Å². The molecule has 0 amide bonds. The summed E-state index contributed by atoms with van der Waals surface area (Å²) in [5, 5.41) is 12.0. The van der Waals surface area contributed by atoms with E-state index in [1.165, 1.54) is 11.1 Å². The van der Waals surface area contributed by atoms with Crippen LogP contribution in [0.4, 0.5) is 0 Å². The van der Waals surface area contributed by atoms with Gasteiger partial charge in [-0.15, -0.1) is 0 Å². The van der Waals surface area contributed by atoms with Crippen molar-refractivity contribution < 1.29 is 9.84 Å². The molecule has 3 rings (SSSR count). The van der Waals surface area contributed by atoms with Crippen LogP contribution in [0.25, 0.3) is 11.1 Å². The van der Waals surface area contributed by atoms with E-state index in [1.807, 2.05) is 6.07 Å². The minimum Gasteiger partial charge on any atom is -0.496 e. The maximum atomic E-state index is 8.87.